The van der Waals surface area contributed by atoms with E-state index >= 15 is 0 Å². The third-order valence-electron chi connectivity index (χ3n) is 4.97. The summed E-state index contributed by atoms with van der Waals surface area (Å²) in [6.07, 6.45) is 3.57. The smallest absolute Gasteiger partial charge is 0.184 e. The molecule has 0 N–H and O–H groups in total. The van der Waals surface area contributed by atoms with Gasteiger partial charge in [0.05, 0.1) is 11.1 Å². The van der Waals surface area contributed by atoms with Gasteiger partial charge in [-0.05, 0) is 57.8 Å². The quantitative estimate of drug-likeness (QED) is 0.403. The van der Waals surface area contributed by atoms with Gasteiger partial charge >= 0.3 is 0 Å². The molecule has 3 aromatic rings. The van der Waals surface area contributed by atoms with E-state index in [4.69, 9.17) is 0 Å². The van der Waals surface area contributed by atoms with Gasteiger partial charge in [0, 0.05) is 0 Å². The van der Waals surface area contributed by atoms with Crippen molar-refractivity contribution in [3.05, 3.63) is 81.6 Å². The van der Waals surface area contributed by atoms with E-state index in [1.165, 1.54) is 11.1 Å². The SMILES string of the molecule is CC(C)c1ccc(/C=C(\C#N)c2nsc(/C(C#N)=C/c3ccc(C(C)C)cc3)n2)cc1. The van der Waals surface area contributed by atoms with Crippen molar-refractivity contribution in [3.63, 3.8) is 0 Å². The Balaban J connectivity index is 1.87. The van der Waals surface area contributed by atoms with Gasteiger partial charge in [0.15, 0.2) is 10.8 Å². The first-order chi connectivity index (χ1) is 14.9. The highest BCUT2D eigenvalue weighted by Crippen LogP contribution is 2.24. The van der Waals surface area contributed by atoms with Crippen molar-refractivity contribution >= 4 is 34.8 Å². The van der Waals surface area contributed by atoms with Crippen molar-refractivity contribution in [1.29, 1.82) is 10.5 Å². The van der Waals surface area contributed by atoms with Crippen LogP contribution in [0.25, 0.3) is 23.3 Å². The van der Waals surface area contributed by atoms with Gasteiger partial charge in [0.2, 0.25) is 0 Å². The van der Waals surface area contributed by atoms with E-state index in [9.17, 15) is 10.5 Å². The molecular formula is C26H24N4S. The van der Waals surface area contributed by atoms with Crippen LogP contribution in [0.2, 0.25) is 0 Å². The van der Waals surface area contributed by atoms with Gasteiger partial charge < -0.3 is 0 Å². The number of nitriles is 2. The standard InChI is InChI=1S/C26H24N4S/c1-17(2)21-9-5-19(6-10-21)13-23(15-27)25-29-26(31-30-25)24(16-28)14-20-7-11-22(12-8-20)18(3)4/h5-14,17-18H,1-4H3/b23-13+,24-14+. The van der Waals surface area contributed by atoms with E-state index < -0.39 is 0 Å². The summed E-state index contributed by atoms with van der Waals surface area (Å²) in [5, 5.41) is 19.8. The lowest BCUT2D eigenvalue weighted by molar-refractivity contribution is 0.866. The predicted molar refractivity (Wildman–Crippen MR) is 128 cm³/mol. The molecule has 1 aromatic heterocycles. The maximum atomic E-state index is 9.64. The molecule has 0 bridgehead atoms. The highest BCUT2D eigenvalue weighted by atomic mass is 32.1. The minimum Gasteiger partial charge on any atom is -0.213 e. The topological polar surface area (TPSA) is 73.4 Å². The third kappa shape index (κ3) is 5.54. The minimum atomic E-state index is 0.340. The van der Waals surface area contributed by atoms with Gasteiger partial charge in [0.1, 0.15) is 12.1 Å². The molecule has 5 heteroatoms. The third-order valence-corrected chi connectivity index (χ3v) is 5.71. The molecule has 0 fully saturated rings. The number of allylic oxidation sites excluding steroid dienone is 2. The van der Waals surface area contributed by atoms with Crippen molar-refractivity contribution in [1.82, 2.24) is 9.36 Å². The van der Waals surface area contributed by atoms with Crippen LogP contribution in [0.3, 0.4) is 0 Å². The summed E-state index contributed by atoms with van der Waals surface area (Å²) in [7, 11) is 0. The van der Waals surface area contributed by atoms with Crippen LogP contribution < -0.4 is 0 Å². The summed E-state index contributed by atoms with van der Waals surface area (Å²) < 4.78 is 4.32. The maximum absolute atomic E-state index is 9.64. The van der Waals surface area contributed by atoms with E-state index in [2.05, 4.69) is 73.5 Å². The van der Waals surface area contributed by atoms with Crippen LogP contribution in [0.15, 0.2) is 48.5 Å². The van der Waals surface area contributed by atoms with Crippen LogP contribution in [0, 0.1) is 22.7 Å². The largest absolute Gasteiger partial charge is 0.213 e. The first-order valence-corrected chi connectivity index (χ1v) is 11.0. The van der Waals surface area contributed by atoms with Crippen molar-refractivity contribution in [2.24, 2.45) is 0 Å². The molecule has 3 rings (SSSR count). The fourth-order valence-corrected chi connectivity index (χ4v) is 3.66. The van der Waals surface area contributed by atoms with Gasteiger partial charge in [-0.25, -0.2) is 4.98 Å². The highest BCUT2D eigenvalue weighted by molar-refractivity contribution is 7.06. The molecule has 0 aliphatic rings. The summed E-state index contributed by atoms with van der Waals surface area (Å²) in [4.78, 5) is 4.46. The Labute approximate surface area is 188 Å². The molecule has 0 aliphatic carbocycles. The van der Waals surface area contributed by atoms with Crippen molar-refractivity contribution in [2.75, 3.05) is 0 Å². The molecule has 0 spiro atoms. The van der Waals surface area contributed by atoms with Crippen LogP contribution in [0.4, 0.5) is 0 Å². The summed E-state index contributed by atoms with van der Waals surface area (Å²) in [5.74, 6) is 1.25. The van der Waals surface area contributed by atoms with Gasteiger partial charge in [-0.2, -0.15) is 14.9 Å². The average Bonchev–Trinajstić information content (AvgIpc) is 3.26. The van der Waals surface area contributed by atoms with Crippen molar-refractivity contribution < 1.29 is 0 Å². The van der Waals surface area contributed by atoms with E-state index in [1.807, 2.05) is 24.3 Å². The zero-order chi connectivity index (χ0) is 22.4. The van der Waals surface area contributed by atoms with E-state index in [0.29, 0.717) is 33.8 Å². The minimum absolute atomic E-state index is 0.340. The lowest BCUT2D eigenvalue weighted by Crippen LogP contribution is -1.89. The molecular weight excluding hydrogens is 400 g/mol. The van der Waals surface area contributed by atoms with Gasteiger partial charge in [-0.1, -0.05) is 76.2 Å². The number of hydrogen-bond acceptors (Lipinski definition) is 5. The molecule has 4 nitrogen and oxygen atoms in total. The van der Waals surface area contributed by atoms with E-state index in [1.54, 1.807) is 12.2 Å². The predicted octanol–water partition coefficient (Wildman–Crippen LogP) is 6.91. The highest BCUT2D eigenvalue weighted by Gasteiger charge is 2.13. The Morgan fingerprint density at radius 3 is 1.65 bits per heavy atom. The summed E-state index contributed by atoms with van der Waals surface area (Å²) in [5.41, 5.74) is 5.14. The molecule has 0 saturated carbocycles. The van der Waals surface area contributed by atoms with Crippen molar-refractivity contribution in [3.8, 4) is 12.1 Å². The number of hydrogen-bond donors (Lipinski definition) is 0. The van der Waals surface area contributed by atoms with E-state index in [-0.39, 0.29) is 0 Å². The number of rotatable bonds is 6. The number of aromatic nitrogens is 2. The Morgan fingerprint density at radius 1 is 0.774 bits per heavy atom. The molecule has 0 atom stereocenters. The average molecular weight is 425 g/mol. The Kier molecular flexibility index (Phi) is 7.13. The molecule has 0 radical (unpaired) electrons. The Hall–Kier alpha value is -3.54. The van der Waals surface area contributed by atoms with Gasteiger partial charge in [-0.15, -0.1) is 0 Å². The fraction of sp³-hybridized carbons (Fsp3) is 0.231. The molecule has 154 valence electrons. The number of nitrogens with zero attached hydrogens (tertiary/aromatic N) is 4. The summed E-state index contributed by atoms with van der Waals surface area (Å²) in [6, 6.07) is 20.6. The molecule has 2 aromatic carbocycles. The molecule has 0 amide bonds. The summed E-state index contributed by atoms with van der Waals surface area (Å²) in [6.45, 7) is 8.58. The first kappa shape index (κ1) is 22.2. The van der Waals surface area contributed by atoms with Gasteiger partial charge in [-0.3, -0.25) is 0 Å². The fourth-order valence-electron chi connectivity index (χ4n) is 3.02. The molecule has 0 aliphatic heterocycles. The lowest BCUT2D eigenvalue weighted by atomic mass is 10.0. The second-order valence-corrected chi connectivity index (χ2v) is 8.66. The number of benzene rings is 2. The Bertz CT molecular complexity index is 1090. The monoisotopic (exact) mass is 424 g/mol. The lowest BCUT2D eigenvalue weighted by Gasteiger charge is -2.05. The first-order valence-electron chi connectivity index (χ1n) is 10.2. The summed E-state index contributed by atoms with van der Waals surface area (Å²) >= 11 is 1.13. The van der Waals surface area contributed by atoms with Crippen LogP contribution in [-0.4, -0.2) is 9.36 Å². The normalized spacial score (nSPS) is 12.1. The zero-order valence-electron chi connectivity index (χ0n) is 18.1. The molecule has 1 heterocycles. The Morgan fingerprint density at radius 2 is 1.23 bits per heavy atom. The van der Waals surface area contributed by atoms with Gasteiger partial charge in [0.25, 0.3) is 0 Å². The molecule has 31 heavy (non-hydrogen) atoms. The van der Waals surface area contributed by atoms with Crippen molar-refractivity contribution in [2.45, 2.75) is 39.5 Å². The molecule has 0 saturated heterocycles. The second-order valence-electron chi connectivity index (χ2n) is 7.91. The maximum Gasteiger partial charge on any atom is 0.184 e. The van der Waals surface area contributed by atoms with Crippen LogP contribution in [0.1, 0.15) is 72.6 Å². The van der Waals surface area contributed by atoms with Crippen LogP contribution in [0.5, 0.6) is 0 Å². The van der Waals surface area contributed by atoms with E-state index in [0.717, 1.165) is 22.7 Å². The second kappa shape index (κ2) is 9.98. The molecule has 0 unspecified atom stereocenters. The van der Waals surface area contributed by atoms with Crippen LogP contribution >= 0.6 is 11.5 Å². The zero-order valence-corrected chi connectivity index (χ0v) is 18.9. The van der Waals surface area contributed by atoms with Crippen LogP contribution in [-0.2, 0) is 0 Å².